The lowest BCUT2D eigenvalue weighted by atomic mass is 10.2. The summed E-state index contributed by atoms with van der Waals surface area (Å²) in [5, 5.41) is 12.3. The molecular weight excluding hydrogens is 321 g/mol. The summed E-state index contributed by atoms with van der Waals surface area (Å²) in [5.74, 6) is 1.63. The molecule has 0 N–H and O–H groups in total. The first-order valence-electron chi connectivity index (χ1n) is 7.17. The fraction of sp³-hybridized carbons (Fsp3) is 0.400. The first-order valence-corrected chi connectivity index (χ1v) is 8.24. The minimum Gasteiger partial charge on any atom is -0.372 e. The van der Waals surface area contributed by atoms with Crippen molar-refractivity contribution >= 4 is 35.1 Å². The zero-order valence-electron chi connectivity index (χ0n) is 12.7. The molecule has 2 aromatic rings. The van der Waals surface area contributed by atoms with Crippen molar-refractivity contribution in [2.45, 2.75) is 25.6 Å². The van der Waals surface area contributed by atoms with E-state index >= 15 is 0 Å². The number of nitrogens with zero attached hydrogens (tertiary/aromatic N) is 5. The average molecular weight is 340 g/mol. The van der Waals surface area contributed by atoms with Crippen molar-refractivity contribution in [2.24, 2.45) is 5.10 Å². The normalized spacial score (nSPS) is 11.3. The van der Waals surface area contributed by atoms with Crippen molar-refractivity contribution in [3.8, 4) is 0 Å². The second kappa shape index (κ2) is 8.15. The molecule has 0 saturated carbocycles. The second-order valence-electron chi connectivity index (χ2n) is 4.62. The summed E-state index contributed by atoms with van der Waals surface area (Å²) >= 11 is 11.7. The maximum Gasteiger partial charge on any atom is 0.169 e. The van der Waals surface area contributed by atoms with Gasteiger partial charge in [0, 0.05) is 18.8 Å². The van der Waals surface area contributed by atoms with Gasteiger partial charge in [0.25, 0.3) is 0 Å². The Labute approximate surface area is 140 Å². The predicted octanol–water partition coefficient (Wildman–Crippen LogP) is 3.48. The van der Waals surface area contributed by atoms with Gasteiger partial charge >= 0.3 is 0 Å². The quantitative estimate of drug-likeness (QED) is 0.573. The molecular formula is C15H19Cl2N5. The summed E-state index contributed by atoms with van der Waals surface area (Å²) in [6, 6.07) is 8.24. The molecule has 0 radical (unpaired) electrons. The SMILES string of the molecule is CCN(CC)c1ccc(C=Nn2c(CCl)nnc2CCl)cc1. The van der Waals surface area contributed by atoms with Gasteiger partial charge in [-0.05, 0) is 31.5 Å². The monoisotopic (exact) mass is 339 g/mol. The van der Waals surface area contributed by atoms with Crippen LogP contribution in [0, 0.1) is 0 Å². The fourth-order valence-corrected chi connectivity index (χ4v) is 2.47. The molecule has 1 heterocycles. The van der Waals surface area contributed by atoms with Gasteiger partial charge in [-0.3, -0.25) is 0 Å². The highest BCUT2D eigenvalue weighted by Crippen LogP contribution is 2.14. The van der Waals surface area contributed by atoms with Gasteiger partial charge in [-0.15, -0.1) is 33.4 Å². The van der Waals surface area contributed by atoms with Crippen LogP contribution in [-0.4, -0.2) is 34.2 Å². The summed E-state index contributed by atoms with van der Waals surface area (Å²) < 4.78 is 1.58. The molecule has 0 saturated heterocycles. The van der Waals surface area contributed by atoms with Crippen molar-refractivity contribution in [1.29, 1.82) is 0 Å². The first kappa shape index (κ1) is 16.8. The minimum absolute atomic E-state index is 0.238. The Morgan fingerprint density at radius 3 is 2.05 bits per heavy atom. The van der Waals surface area contributed by atoms with Crippen LogP contribution >= 0.6 is 23.2 Å². The lowest BCUT2D eigenvalue weighted by Crippen LogP contribution is -2.21. The highest BCUT2D eigenvalue weighted by atomic mass is 35.5. The van der Waals surface area contributed by atoms with Crippen molar-refractivity contribution in [3.63, 3.8) is 0 Å². The van der Waals surface area contributed by atoms with Crippen LogP contribution in [-0.2, 0) is 11.8 Å². The molecule has 2 rings (SSSR count). The van der Waals surface area contributed by atoms with Crippen molar-refractivity contribution in [2.75, 3.05) is 18.0 Å². The Kier molecular flexibility index (Phi) is 6.21. The Balaban J connectivity index is 2.18. The number of halogens is 2. The van der Waals surface area contributed by atoms with Crippen LogP contribution in [0.15, 0.2) is 29.4 Å². The number of rotatable bonds is 7. The largest absolute Gasteiger partial charge is 0.372 e. The minimum atomic E-state index is 0.238. The third kappa shape index (κ3) is 3.78. The molecule has 0 fully saturated rings. The van der Waals surface area contributed by atoms with E-state index in [0.717, 1.165) is 18.7 Å². The molecule has 5 nitrogen and oxygen atoms in total. The molecule has 0 aliphatic carbocycles. The van der Waals surface area contributed by atoms with Gasteiger partial charge in [0.2, 0.25) is 0 Å². The Bertz CT molecular complexity index is 596. The molecule has 7 heteroatoms. The molecule has 1 aromatic heterocycles. The Hall–Kier alpha value is -1.59. The summed E-state index contributed by atoms with van der Waals surface area (Å²) in [5.41, 5.74) is 2.19. The first-order chi connectivity index (χ1) is 10.7. The van der Waals surface area contributed by atoms with Gasteiger partial charge < -0.3 is 4.90 Å². The molecule has 0 atom stereocenters. The van der Waals surface area contributed by atoms with Crippen LogP contribution in [0.25, 0.3) is 0 Å². The zero-order valence-corrected chi connectivity index (χ0v) is 14.2. The molecule has 118 valence electrons. The molecule has 1 aromatic carbocycles. The lowest BCUT2D eigenvalue weighted by Gasteiger charge is -2.20. The number of anilines is 1. The number of benzene rings is 1. The van der Waals surface area contributed by atoms with Gasteiger partial charge in [-0.1, -0.05) is 12.1 Å². The van der Waals surface area contributed by atoms with Crippen molar-refractivity contribution in [3.05, 3.63) is 41.5 Å². The molecule has 0 amide bonds. The third-order valence-corrected chi connectivity index (χ3v) is 3.83. The van der Waals surface area contributed by atoms with E-state index in [-0.39, 0.29) is 11.8 Å². The van der Waals surface area contributed by atoms with Crippen LogP contribution in [0.3, 0.4) is 0 Å². The number of aromatic nitrogens is 3. The Morgan fingerprint density at radius 1 is 1.05 bits per heavy atom. The van der Waals surface area contributed by atoms with E-state index in [9.17, 15) is 0 Å². The summed E-state index contributed by atoms with van der Waals surface area (Å²) in [7, 11) is 0. The molecule has 0 unspecified atom stereocenters. The summed E-state index contributed by atoms with van der Waals surface area (Å²) in [6.45, 7) is 6.27. The van der Waals surface area contributed by atoms with Gasteiger partial charge in [0.1, 0.15) is 0 Å². The third-order valence-electron chi connectivity index (χ3n) is 3.35. The highest BCUT2D eigenvalue weighted by molar-refractivity contribution is 6.17. The van der Waals surface area contributed by atoms with E-state index in [1.54, 1.807) is 10.9 Å². The van der Waals surface area contributed by atoms with Crippen LogP contribution in [0.2, 0.25) is 0 Å². The van der Waals surface area contributed by atoms with Gasteiger partial charge in [-0.25, -0.2) is 0 Å². The maximum absolute atomic E-state index is 5.83. The number of alkyl halides is 2. The zero-order chi connectivity index (χ0) is 15.9. The van der Waals surface area contributed by atoms with Crippen LogP contribution in [0.1, 0.15) is 31.1 Å². The topological polar surface area (TPSA) is 46.3 Å². The second-order valence-corrected chi connectivity index (χ2v) is 5.15. The van der Waals surface area contributed by atoms with E-state index < -0.39 is 0 Å². The predicted molar refractivity (Wildman–Crippen MR) is 92.1 cm³/mol. The van der Waals surface area contributed by atoms with Crippen LogP contribution in [0.4, 0.5) is 5.69 Å². The van der Waals surface area contributed by atoms with Crippen LogP contribution < -0.4 is 4.90 Å². The van der Waals surface area contributed by atoms with E-state index in [0.29, 0.717) is 11.6 Å². The lowest BCUT2D eigenvalue weighted by molar-refractivity contribution is 0.785. The molecule has 0 aliphatic heterocycles. The molecule has 22 heavy (non-hydrogen) atoms. The van der Waals surface area contributed by atoms with Crippen LogP contribution in [0.5, 0.6) is 0 Å². The fourth-order valence-electron chi connectivity index (χ4n) is 2.13. The number of hydrogen-bond donors (Lipinski definition) is 0. The average Bonchev–Trinajstić information content (AvgIpc) is 2.97. The van der Waals surface area contributed by atoms with Gasteiger partial charge in [-0.2, -0.15) is 9.78 Å². The van der Waals surface area contributed by atoms with E-state index in [1.807, 2.05) is 12.1 Å². The van der Waals surface area contributed by atoms with Gasteiger partial charge in [0.05, 0.1) is 18.0 Å². The standard InChI is InChI=1S/C15H19Cl2N5/c1-3-21(4-2)13-7-5-12(6-8-13)11-18-22-14(9-16)19-20-15(22)10-17/h5-8,11H,3-4,9-10H2,1-2H3. The van der Waals surface area contributed by atoms with Gasteiger partial charge in [0.15, 0.2) is 11.6 Å². The smallest absolute Gasteiger partial charge is 0.169 e. The molecule has 0 aliphatic rings. The molecule has 0 spiro atoms. The highest BCUT2D eigenvalue weighted by Gasteiger charge is 2.09. The van der Waals surface area contributed by atoms with E-state index in [4.69, 9.17) is 23.2 Å². The van der Waals surface area contributed by atoms with E-state index in [2.05, 4.69) is 46.2 Å². The maximum atomic E-state index is 5.83. The molecule has 0 bridgehead atoms. The summed E-state index contributed by atoms with van der Waals surface area (Å²) in [4.78, 5) is 2.29. The summed E-state index contributed by atoms with van der Waals surface area (Å²) in [6.07, 6.45) is 1.75. The van der Waals surface area contributed by atoms with E-state index in [1.165, 1.54) is 5.69 Å². The van der Waals surface area contributed by atoms with Crippen molar-refractivity contribution in [1.82, 2.24) is 14.9 Å². The Morgan fingerprint density at radius 2 is 1.59 bits per heavy atom. The van der Waals surface area contributed by atoms with Crippen molar-refractivity contribution < 1.29 is 0 Å². The number of hydrogen-bond acceptors (Lipinski definition) is 4.